The number of aromatic amines is 1. The van der Waals surface area contributed by atoms with E-state index in [0.29, 0.717) is 5.03 Å². The Morgan fingerprint density at radius 1 is 1.78 bits per heavy atom. The van der Waals surface area contributed by atoms with E-state index in [2.05, 4.69) is 9.79 Å². The molecule has 0 bridgehead atoms. The molecule has 0 saturated carbocycles. The number of hydrogen-bond acceptors (Lipinski definition) is 3. The van der Waals surface area contributed by atoms with Crippen molar-refractivity contribution >= 4 is 11.8 Å². The van der Waals surface area contributed by atoms with E-state index in [-0.39, 0.29) is 5.63 Å². The van der Waals surface area contributed by atoms with Gasteiger partial charge in [0.1, 0.15) is 0 Å². The summed E-state index contributed by atoms with van der Waals surface area (Å²) in [6.45, 7) is 0. The lowest BCUT2D eigenvalue weighted by atomic mass is 10.9. The van der Waals surface area contributed by atoms with Gasteiger partial charge >= 0.3 is 10.7 Å². The molecule has 0 unspecified atom stereocenters. The third-order valence-electron chi connectivity index (χ3n) is 0.948. The first kappa shape index (κ1) is 6.41. The molecule has 1 heterocycles. The lowest BCUT2D eigenvalue weighted by molar-refractivity contribution is -0.772. The zero-order valence-corrected chi connectivity index (χ0v) is 5.99. The largest absolute Gasteiger partial charge is 0.441 e. The topological polar surface area (TPSA) is 49.9 Å². The van der Waals surface area contributed by atoms with Gasteiger partial charge in [-0.25, -0.2) is 4.79 Å². The highest BCUT2D eigenvalue weighted by molar-refractivity contribution is 7.98. The van der Waals surface area contributed by atoms with Crippen molar-refractivity contribution in [1.82, 2.24) is 5.27 Å². The lowest BCUT2D eigenvalue weighted by Crippen LogP contribution is -2.33. The van der Waals surface area contributed by atoms with Crippen LogP contribution in [0.3, 0.4) is 0 Å². The minimum atomic E-state index is -0.315. The fourth-order valence-corrected chi connectivity index (χ4v) is 1.07. The molecule has 0 aliphatic carbocycles. The van der Waals surface area contributed by atoms with E-state index in [1.165, 1.54) is 16.4 Å². The van der Waals surface area contributed by atoms with Gasteiger partial charge in [0.15, 0.2) is 7.05 Å². The fourth-order valence-electron chi connectivity index (χ4n) is 0.552. The molecule has 0 spiro atoms. The Kier molecular flexibility index (Phi) is 1.61. The Bertz CT molecular complexity index is 251. The van der Waals surface area contributed by atoms with E-state index < -0.39 is 0 Å². The predicted octanol–water partition coefficient (Wildman–Crippen LogP) is -0.486. The van der Waals surface area contributed by atoms with Crippen LogP contribution in [-0.4, -0.2) is 11.5 Å². The standard InChI is InChI=1S/C4H6N2O2S/c1-6-3(9-2)4(7)8-5-6/h1-2H3/p+1. The number of aromatic nitrogens is 2. The van der Waals surface area contributed by atoms with Gasteiger partial charge in [-0.2, -0.15) is 0 Å². The third kappa shape index (κ3) is 0.999. The van der Waals surface area contributed by atoms with Gasteiger partial charge in [0, 0.05) is 0 Å². The van der Waals surface area contributed by atoms with Gasteiger partial charge < -0.3 is 0 Å². The van der Waals surface area contributed by atoms with Crippen molar-refractivity contribution in [3.8, 4) is 0 Å². The molecule has 1 rings (SSSR count). The van der Waals surface area contributed by atoms with Crippen LogP contribution in [0.25, 0.3) is 0 Å². The number of H-pyrrole nitrogens is 1. The van der Waals surface area contributed by atoms with Crippen molar-refractivity contribution in [2.24, 2.45) is 7.05 Å². The molecule has 5 heteroatoms. The molecule has 1 aromatic rings. The second kappa shape index (κ2) is 2.26. The maximum atomic E-state index is 10.6. The summed E-state index contributed by atoms with van der Waals surface area (Å²) >= 11 is 1.35. The number of hydrogen-bond donors (Lipinski definition) is 1. The van der Waals surface area contributed by atoms with Crippen LogP contribution in [-0.2, 0) is 7.05 Å². The summed E-state index contributed by atoms with van der Waals surface area (Å²) in [7, 11) is 1.72. The smallest absolute Gasteiger partial charge is 0.282 e. The minimum absolute atomic E-state index is 0.315. The van der Waals surface area contributed by atoms with Gasteiger partial charge in [0.05, 0.1) is 0 Å². The van der Waals surface area contributed by atoms with E-state index in [9.17, 15) is 4.79 Å². The van der Waals surface area contributed by atoms with Gasteiger partial charge in [-0.05, 0) is 11.5 Å². The van der Waals surface area contributed by atoms with E-state index in [0.717, 1.165) is 0 Å². The van der Waals surface area contributed by atoms with E-state index in [4.69, 9.17) is 0 Å². The average Bonchev–Trinajstić information content (AvgIpc) is 2.12. The Hall–Kier alpha value is -0.710. The summed E-state index contributed by atoms with van der Waals surface area (Å²) in [6.07, 6.45) is 1.82. The molecule has 0 amide bonds. The molecule has 0 radical (unpaired) electrons. The Balaban J connectivity index is 3.23. The van der Waals surface area contributed by atoms with Crippen molar-refractivity contribution < 1.29 is 9.20 Å². The molecule has 1 aromatic heterocycles. The van der Waals surface area contributed by atoms with Crippen LogP contribution in [0, 0.1) is 0 Å². The molecule has 9 heavy (non-hydrogen) atoms. The molecule has 0 aliphatic rings. The maximum absolute atomic E-state index is 10.6. The van der Waals surface area contributed by atoms with Crippen LogP contribution in [0.1, 0.15) is 0 Å². The molecular formula is C4H7N2O2S+. The number of thioether (sulfide) groups is 1. The van der Waals surface area contributed by atoms with Crippen LogP contribution >= 0.6 is 11.8 Å². The monoisotopic (exact) mass is 147 g/mol. The predicted molar refractivity (Wildman–Crippen MR) is 32.3 cm³/mol. The van der Waals surface area contributed by atoms with E-state index in [1.54, 1.807) is 7.05 Å². The lowest BCUT2D eigenvalue weighted by Gasteiger charge is -1.75. The molecular weight excluding hydrogens is 140 g/mol. The van der Waals surface area contributed by atoms with Crippen LogP contribution in [0.5, 0.6) is 0 Å². The Morgan fingerprint density at radius 2 is 2.44 bits per heavy atom. The molecule has 1 N–H and O–H groups in total. The molecule has 0 fully saturated rings. The van der Waals surface area contributed by atoms with Crippen molar-refractivity contribution in [3.05, 3.63) is 10.4 Å². The molecule has 0 saturated heterocycles. The second-order valence-corrected chi connectivity index (χ2v) is 2.34. The summed E-state index contributed by atoms with van der Waals surface area (Å²) < 4.78 is 5.98. The summed E-state index contributed by atoms with van der Waals surface area (Å²) in [5.74, 6) is 0. The van der Waals surface area contributed by atoms with Crippen molar-refractivity contribution in [3.63, 3.8) is 0 Å². The summed E-state index contributed by atoms with van der Waals surface area (Å²) in [4.78, 5) is 10.6. The first-order chi connectivity index (χ1) is 4.25. The van der Waals surface area contributed by atoms with Gasteiger partial charge in [-0.1, -0.05) is 16.4 Å². The SMILES string of the molecule is CSc1c(=O)o[nH][n+]1C. The number of nitrogens with one attached hydrogen (secondary N) is 1. The summed E-state index contributed by atoms with van der Waals surface area (Å²) in [5.41, 5.74) is -0.315. The number of nitrogens with zero attached hydrogens (tertiary/aromatic N) is 1. The van der Waals surface area contributed by atoms with Crippen LogP contribution in [0.15, 0.2) is 14.3 Å². The van der Waals surface area contributed by atoms with Gasteiger partial charge in [-0.15, -0.1) is 0 Å². The van der Waals surface area contributed by atoms with Crippen LogP contribution in [0.2, 0.25) is 0 Å². The van der Waals surface area contributed by atoms with Gasteiger partial charge in [0.2, 0.25) is 0 Å². The summed E-state index contributed by atoms with van der Waals surface area (Å²) in [5, 5.41) is 2.97. The zero-order chi connectivity index (χ0) is 6.85. The van der Waals surface area contributed by atoms with Crippen molar-refractivity contribution in [2.45, 2.75) is 5.03 Å². The maximum Gasteiger partial charge on any atom is 0.441 e. The van der Waals surface area contributed by atoms with Crippen molar-refractivity contribution in [2.75, 3.05) is 6.26 Å². The van der Waals surface area contributed by atoms with Gasteiger partial charge in [-0.3, -0.25) is 4.52 Å². The molecule has 50 valence electrons. The van der Waals surface area contributed by atoms with Gasteiger partial charge in [0.25, 0.3) is 0 Å². The van der Waals surface area contributed by atoms with Crippen LogP contribution in [0.4, 0.5) is 0 Å². The highest BCUT2D eigenvalue weighted by Gasteiger charge is 2.13. The first-order valence-corrected chi connectivity index (χ1v) is 3.59. The average molecular weight is 147 g/mol. The highest BCUT2D eigenvalue weighted by Crippen LogP contribution is 1.99. The molecule has 0 aromatic carbocycles. The normalized spacial score (nSPS) is 10.0. The Labute approximate surface area is 55.8 Å². The first-order valence-electron chi connectivity index (χ1n) is 2.37. The fraction of sp³-hybridized carbons (Fsp3) is 0.500. The molecule has 4 nitrogen and oxygen atoms in total. The van der Waals surface area contributed by atoms with Crippen molar-refractivity contribution in [1.29, 1.82) is 0 Å². The number of aryl methyl sites for hydroxylation is 1. The molecule has 0 aliphatic heterocycles. The second-order valence-electron chi connectivity index (χ2n) is 1.55. The Morgan fingerprint density at radius 3 is 2.67 bits per heavy atom. The summed E-state index contributed by atoms with van der Waals surface area (Å²) in [6, 6.07) is 0. The van der Waals surface area contributed by atoms with E-state index in [1.807, 2.05) is 6.26 Å². The quantitative estimate of drug-likeness (QED) is 0.431. The third-order valence-corrected chi connectivity index (χ3v) is 1.78. The minimum Gasteiger partial charge on any atom is -0.282 e. The zero-order valence-electron chi connectivity index (χ0n) is 5.17. The number of rotatable bonds is 1. The van der Waals surface area contributed by atoms with Crippen LogP contribution < -0.4 is 10.3 Å². The molecule has 0 atom stereocenters. The highest BCUT2D eigenvalue weighted by atomic mass is 32.2. The van der Waals surface area contributed by atoms with E-state index >= 15 is 0 Å².